The lowest BCUT2D eigenvalue weighted by atomic mass is 10.1. The number of anilines is 2. The van der Waals surface area contributed by atoms with Crippen LogP contribution in [0.3, 0.4) is 0 Å². The van der Waals surface area contributed by atoms with Crippen molar-refractivity contribution in [2.24, 2.45) is 0 Å². The molecule has 2 N–H and O–H groups in total. The molecule has 0 aliphatic rings. The average molecular weight is 298 g/mol. The van der Waals surface area contributed by atoms with Crippen molar-refractivity contribution in [1.29, 1.82) is 0 Å². The van der Waals surface area contributed by atoms with Crippen molar-refractivity contribution in [3.8, 4) is 0 Å². The van der Waals surface area contributed by atoms with Gasteiger partial charge in [-0.2, -0.15) is 0 Å². The molecule has 0 radical (unpaired) electrons. The third-order valence-electron chi connectivity index (χ3n) is 3.05. The number of hydrogen-bond acceptors (Lipinski definition) is 4. The van der Waals surface area contributed by atoms with Crippen LogP contribution in [0.25, 0.3) is 0 Å². The van der Waals surface area contributed by atoms with E-state index in [1.165, 1.54) is 6.92 Å². The number of benzene rings is 1. The molecule has 2 amide bonds. The highest BCUT2D eigenvalue weighted by Gasteiger charge is 2.15. The Morgan fingerprint density at radius 1 is 0.955 bits per heavy atom. The number of rotatable bonds is 3. The van der Waals surface area contributed by atoms with Crippen molar-refractivity contribution in [2.45, 2.75) is 27.7 Å². The van der Waals surface area contributed by atoms with Crippen LogP contribution >= 0.6 is 0 Å². The molecule has 0 bridgehead atoms. The molecular formula is C16H18N4O2. The van der Waals surface area contributed by atoms with E-state index in [9.17, 15) is 9.59 Å². The Balaban J connectivity index is 2.24. The van der Waals surface area contributed by atoms with E-state index in [4.69, 9.17) is 0 Å². The maximum absolute atomic E-state index is 12.4. The van der Waals surface area contributed by atoms with Crippen molar-refractivity contribution in [3.63, 3.8) is 0 Å². The van der Waals surface area contributed by atoms with Gasteiger partial charge in [-0.1, -0.05) is 6.07 Å². The summed E-state index contributed by atoms with van der Waals surface area (Å²) in [5.41, 5.74) is 2.96. The summed E-state index contributed by atoms with van der Waals surface area (Å²) < 4.78 is 0. The molecule has 22 heavy (non-hydrogen) atoms. The van der Waals surface area contributed by atoms with E-state index < -0.39 is 0 Å². The summed E-state index contributed by atoms with van der Waals surface area (Å²) in [6, 6.07) is 6.96. The van der Waals surface area contributed by atoms with Crippen LogP contribution in [0.5, 0.6) is 0 Å². The number of nitrogens with one attached hydrogen (secondary N) is 2. The monoisotopic (exact) mass is 298 g/mol. The molecule has 0 aliphatic carbocycles. The van der Waals surface area contributed by atoms with Crippen LogP contribution in [-0.4, -0.2) is 21.8 Å². The zero-order valence-corrected chi connectivity index (χ0v) is 13.0. The van der Waals surface area contributed by atoms with Crippen LogP contribution in [0.4, 0.5) is 11.4 Å². The summed E-state index contributed by atoms with van der Waals surface area (Å²) in [6.45, 7) is 6.79. The van der Waals surface area contributed by atoms with Gasteiger partial charge in [0.1, 0.15) is 5.82 Å². The van der Waals surface area contributed by atoms with Gasteiger partial charge in [-0.15, -0.1) is 0 Å². The van der Waals surface area contributed by atoms with Gasteiger partial charge >= 0.3 is 0 Å². The summed E-state index contributed by atoms with van der Waals surface area (Å²) in [5, 5.41) is 5.48. The Bertz CT molecular complexity index is 718. The van der Waals surface area contributed by atoms with Crippen molar-refractivity contribution < 1.29 is 9.59 Å². The van der Waals surface area contributed by atoms with Crippen LogP contribution in [0.2, 0.25) is 0 Å². The van der Waals surface area contributed by atoms with E-state index in [0.29, 0.717) is 34.2 Å². The van der Waals surface area contributed by atoms with E-state index in [2.05, 4.69) is 20.6 Å². The molecule has 2 aromatic rings. The Kier molecular flexibility index (Phi) is 4.50. The molecule has 0 spiro atoms. The average Bonchev–Trinajstić information content (AvgIpc) is 2.36. The Hall–Kier alpha value is -2.76. The second-order valence-electron chi connectivity index (χ2n) is 5.03. The molecule has 114 valence electrons. The molecule has 0 fully saturated rings. The van der Waals surface area contributed by atoms with E-state index in [-0.39, 0.29) is 11.8 Å². The van der Waals surface area contributed by atoms with E-state index in [0.717, 1.165) is 0 Å². The number of nitrogens with zero attached hydrogens (tertiary/aromatic N) is 2. The minimum Gasteiger partial charge on any atom is -0.326 e. The first kappa shape index (κ1) is 15.6. The lowest BCUT2D eigenvalue weighted by molar-refractivity contribution is -0.114. The predicted molar refractivity (Wildman–Crippen MR) is 84.9 cm³/mol. The number of aryl methyl sites for hydroxylation is 3. The second-order valence-corrected chi connectivity index (χ2v) is 5.03. The summed E-state index contributed by atoms with van der Waals surface area (Å²) >= 11 is 0. The molecule has 1 aromatic heterocycles. The lowest BCUT2D eigenvalue weighted by Crippen LogP contribution is -2.17. The van der Waals surface area contributed by atoms with Crippen LogP contribution in [-0.2, 0) is 4.79 Å². The minimum absolute atomic E-state index is 0.165. The number of aromatic nitrogens is 2. The van der Waals surface area contributed by atoms with Gasteiger partial charge in [-0.05, 0) is 39.0 Å². The third-order valence-corrected chi connectivity index (χ3v) is 3.05. The van der Waals surface area contributed by atoms with Crippen LogP contribution in [0, 0.1) is 20.8 Å². The SMILES string of the molecule is CC(=O)Nc1cccc(NC(=O)c2c(C)nc(C)nc2C)c1. The number of hydrogen-bond donors (Lipinski definition) is 2. The number of carbonyl (C=O) groups is 2. The van der Waals surface area contributed by atoms with E-state index in [1.807, 2.05) is 0 Å². The van der Waals surface area contributed by atoms with Crippen LogP contribution in [0.15, 0.2) is 24.3 Å². The van der Waals surface area contributed by atoms with Gasteiger partial charge in [0.2, 0.25) is 5.91 Å². The fourth-order valence-corrected chi connectivity index (χ4v) is 2.28. The molecule has 6 nitrogen and oxygen atoms in total. The summed E-state index contributed by atoms with van der Waals surface area (Å²) in [4.78, 5) is 31.9. The number of amides is 2. The Morgan fingerprint density at radius 2 is 1.50 bits per heavy atom. The van der Waals surface area contributed by atoms with E-state index >= 15 is 0 Å². The second kappa shape index (κ2) is 6.34. The van der Waals surface area contributed by atoms with Gasteiger partial charge in [-0.25, -0.2) is 9.97 Å². The van der Waals surface area contributed by atoms with Gasteiger partial charge in [-0.3, -0.25) is 9.59 Å². The van der Waals surface area contributed by atoms with Gasteiger partial charge in [0.15, 0.2) is 0 Å². The van der Waals surface area contributed by atoms with Gasteiger partial charge in [0.25, 0.3) is 5.91 Å². The third kappa shape index (κ3) is 3.66. The Labute approximate surface area is 129 Å². The zero-order valence-electron chi connectivity index (χ0n) is 13.0. The van der Waals surface area contributed by atoms with Crippen molar-refractivity contribution in [2.75, 3.05) is 10.6 Å². The van der Waals surface area contributed by atoms with Crippen molar-refractivity contribution in [3.05, 3.63) is 47.0 Å². The maximum Gasteiger partial charge on any atom is 0.259 e. The summed E-state index contributed by atoms with van der Waals surface area (Å²) in [6.07, 6.45) is 0. The first-order valence-corrected chi connectivity index (χ1v) is 6.87. The van der Waals surface area contributed by atoms with Crippen molar-refractivity contribution >= 4 is 23.2 Å². The standard InChI is InChI=1S/C16H18N4O2/c1-9-15(10(2)18-11(3)17-9)16(22)20-14-7-5-6-13(8-14)19-12(4)21/h5-8H,1-4H3,(H,19,21)(H,20,22). The highest BCUT2D eigenvalue weighted by Crippen LogP contribution is 2.18. The fourth-order valence-electron chi connectivity index (χ4n) is 2.28. The molecule has 6 heteroatoms. The molecule has 0 aliphatic heterocycles. The largest absolute Gasteiger partial charge is 0.326 e. The molecule has 0 atom stereocenters. The molecule has 1 aromatic carbocycles. The summed E-state index contributed by atoms with van der Waals surface area (Å²) in [7, 11) is 0. The quantitative estimate of drug-likeness (QED) is 0.912. The molecule has 2 rings (SSSR count). The predicted octanol–water partition coefficient (Wildman–Crippen LogP) is 2.61. The van der Waals surface area contributed by atoms with E-state index in [1.54, 1.807) is 45.0 Å². The fraction of sp³-hybridized carbons (Fsp3) is 0.250. The molecule has 0 saturated carbocycles. The molecular weight excluding hydrogens is 280 g/mol. The molecule has 0 saturated heterocycles. The van der Waals surface area contributed by atoms with Crippen LogP contribution in [0.1, 0.15) is 34.5 Å². The van der Waals surface area contributed by atoms with Crippen LogP contribution < -0.4 is 10.6 Å². The molecule has 1 heterocycles. The van der Waals surface area contributed by atoms with Gasteiger partial charge in [0.05, 0.1) is 17.0 Å². The first-order chi connectivity index (χ1) is 10.4. The highest BCUT2D eigenvalue weighted by molar-refractivity contribution is 6.06. The first-order valence-electron chi connectivity index (χ1n) is 6.87. The zero-order chi connectivity index (χ0) is 16.3. The smallest absolute Gasteiger partial charge is 0.259 e. The normalized spacial score (nSPS) is 10.2. The highest BCUT2D eigenvalue weighted by atomic mass is 16.2. The Morgan fingerprint density at radius 3 is 2.05 bits per heavy atom. The molecule has 0 unspecified atom stereocenters. The summed E-state index contributed by atoms with van der Waals surface area (Å²) in [5.74, 6) is 0.205. The van der Waals surface area contributed by atoms with Gasteiger partial charge in [0, 0.05) is 18.3 Å². The topological polar surface area (TPSA) is 84.0 Å². The van der Waals surface area contributed by atoms with Crippen molar-refractivity contribution in [1.82, 2.24) is 9.97 Å². The number of carbonyl (C=O) groups excluding carboxylic acids is 2. The lowest BCUT2D eigenvalue weighted by Gasteiger charge is -2.11. The minimum atomic E-state index is -0.269. The maximum atomic E-state index is 12.4. The van der Waals surface area contributed by atoms with Gasteiger partial charge < -0.3 is 10.6 Å².